The summed E-state index contributed by atoms with van der Waals surface area (Å²) in [6, 6.07) is 8.10. The van der Waals surface area contributed by atoms with Crippen LogP contribution in [0.1, 0.15) is 18.9 Å². The highest BCUT2D eigenvalue weighted by Crippen LogP contribution is 2.13. The number of benzene rings is 1. The Morgan fingerprint density at radius 1 is 1.29 bits per heavy atom. The van der Waals surface area contributed by atoms with Gasteiger partial charge in [-0.2, -0.15) is 0 Å². The number of hydrogen-bond donors (Lipinski definition) is 2. The fourth-order valence-electron chi connectivity index (χ4n) is 2.67. The van der Waals surface area contributed by atoms with Crippen LogP contribution in [0.15, 0.2) is 24.3 Å². The molecule has 1 fully saturated rings. The van der Waals surface area contributed by atoms with Gasteiger partial charge in [-0.3, -0.25) is 4.90 Å². The molecule has 1 aliphatic heterocycles. The predicted molar refractivity (Wildman–Crippen MR) is 94.6 cm³/mol. The third-order valence-corrected chi connectivity index (χ3v) is 4.22. The zero-order valence-electron chi connectivity index (χ0n) is 14.7. The average molecular weight is 335 g/mol. The van der Waals surface area contributed by atoms with E-state index in [1.807, 2.05) is 19.1 Å². The second-order valence-corrected chi connectivity index (χ2v) is 6.14. The molecule has 0 unspecified atom stereocenters. The second kappa shape index (κ2) is 10.2. The first kappa shape index (κ1) is 18.5. The number of urea groups is 1. The van der Waals surface area contributed by atoms with E-state index in [0.29, 0.717) is 6.54 Å². The lowest BCUT2D eigenvalue weighted by Crippen LogP contribution is -2.45. The zero-order valence-corrected chi connectivity index (χ0v) is 14.7. The minimum absolute atomic E-state index is 0.0921. The molecule has 2 N–H and O–H groups in total. The van der Waals surface area contributed by atoms with E-state index in [0.717, 1.165) is 51.4 Å². The number of morpholine rings is 1. The Bertz CT molecular complexity index is 487. The Labute approximate surface area is 144 Å². The first-order valence-corrected chi connectivity index (χ1v) is 8.65. The van der Waals surface area contributed by atoms with Crippen LogP contribution in [0, 0.1) is 0 Å². The van der Waals surface area contributed by atoms with Gasteiger partial charge in [0.05, 0.1) is 20.3 Å². The number of carbonyl (C=O) groups is 1. The smallest absolute Gasteiger partial charge is 0.315 e. The number of ether oxygens (including phenoxy) is 2. The highest BCUT2D eigenvalue weighted by Gasteiger charge is 2.11. The summed E-state index contributed by atoms with van der Waals surface area (Å²) in [7, 11) is 1.67. The summed E-state index contributed by atoms with van der Waals surface area (Å²) < 4.78 is 10.5. The maximum absolute atomic E-state index is 11.9. The number of rotatable bonds is 8. The zero-order chi connectivity index (χ0) is 17.2. The molecule has 0 bridgehead atoms. The van der Waals surface area contributed by atoms with Crippen molar-refractivity contribution in [2.75, 3.05) is 46.5 Å². The van der Waals surface area contributed by atoms with Gasteiger partial charge in [-0.05, 0) is 37.5 Å². The maximum Gasteiger partial charge on any atom is 0.315 e. The van der Waals surface area contributed by atoms with E-state index in [1.165, 1.54) is 5.56 Å². The van der Waals surface area contributed by atoms with Crippen molar-refractivity contribution < 1.29 is 14.3 Å². The summed E-state index contributed by atoms with van der Waals surface area (Å²) in [5.41, 5.74) is 1.25. The molecule has 1 heterocycles. The van der Waals surface area contributed by atoms with Crippen molar-refractivity contribution in [1.29, 1.82) is 0 Å². The Kier molecular flexibility index (Phi) is 7.85. The number of nitrogens with zero attached hydrogens (tertiary/aromatic N) is 1. The summed E-state index contributed by atoms with van der Waals surface area (Å²) in [6.07, 6.45) is 1.84. The van der Waals surface area contributed by atoms with E-state index >= 15 is 0 Å². The van der Waals surface area contributed by atoms with Crippen molar-refractivity contribution in [3.8, 4) is 5.75 Å². The molecule has 1 aromatic rings. The molecule has 1 aliphatic rings. The van der Waals surface area contributed by atoms with Gasteiger partial charge in [0, 0.05) is 32.2 Å². The predicted octanol–water partition coefficient (Wildman–Crippen LogP) is 1.65. The Morgan fingerprint density at radius 2 is 2.00 bits per heavy atom. The highest BCUT2D eigenvalue weighted by atomic mass is 16.5. The van der Waals surface area contributed by atoms with Crippen LogP contribution >= 0.6 is 0 Å². The Morgan fingerprint density at radius 3 is 2.67 bits per heavy atom. The van der Waals surface area contributed by atoms with Gasteiger partial charge in [0.25, 0.3) is 0 Å². The topological polar surface area (TPSA) is 62.8 Å². The summed E-state index contributed by atoms with van der Waals surface area (Å²) in [5, 5.41) is 5.92. The number of nitrogens with one attached hydrogen (secondary N) is 2. The molecule has 6 nitrogen and oxygen atoms in total. The van der Waals surface area contributed by atoms with Crippen LogP contribution in [-0.4, -0.2) is 63.5 Å². The molecule has 1 aromatic carbocycles. The lowest BCUT2D eigenvalue weighted by molar-refractivity contribution is 0.0387. The van der Waals surface area contributed by atoms with E-state index in [9.17, 15) is 4.79 Å². The fourth-order valence-corrected chi connectivity index (χ4v) is 2.67. The average Bonchev–Trinajstić information content (AvgIpc) is 2.61. The molecule has 134 valence electrons. The quantitative estimate of drug-likeness (QED) is 0.758. The van der Waals surface area contributed by atoms with Crippen molar-refractivity contribution in [2.45, 2.75) is 25.8 Å². The SMILES string of the molecule is COc1ccc(CC[C@@H](C)NC(=O)NCCN2CCOCC2)cc1. The van der Waals surface area contributed by atoms with Gasteiger partial charge in [0.2, 0.25) is 0 Å². The van der Waals surface area contributed by atoms with Crippen LogP contribution in [-0.2, 0) is 11.2 Å². The standard InChI is InChI=1S/C18H29N3O3/c1-15(3-4-16-5-7-17(23-2)8-6-16)20-18(22)19-9-10-21-11-13-24-14-12-21/h5-8,15H,3-4,9-14H2,1-2H3,(H2,19,20,22)/t15-/m1/s1. The second-order valence-electron chi connectivity index (χ2n) is 6.14. The van der Waals surface area contributed by atoms with Gasteiger partial charge in [-0.15, -0.1) is 0 Å². The fraction of sp³-hybridized carbons (Fsp3) is 0.611. The van der Waals surface area contributed by atoms with Gasteiger partial charge in [0.15, 0.2) is 0 Å². The van der Waals surface area contributed by atoms with Crippen LogP contribution in [0.2, 0.25) is 0 Å². The first-order chi connectivity index (χ1) is 11.7. The van der Waals surface area contributed by atoms with E-state index in [-0.39, 0.29) is 12.1 Å². The molecule has 24 heavy (non-hydrogen) atoms. The summed E-state index contributed by atoms with van der Waals surface area (Å²) in [4.78, 5) is 14.2. The summed E-state index contributed by atoms with van der Waals surface area (Å²) >= 11 is 0. The maximum atomic E-state index is 11.9. The van der Waals surface area contributed by atoms with Crippen molar-refractivity contribution >= 4 is 6.03 Å². The van der Waals surface area contributed by atoms with Crippen LogP contribution in [0.3, 0.4) is 0 Å². The van der Waals surface area contributed by atoms with E-state index in [2.05, 4.69) is 27.7 Å². The monoisotopic (exact) mass is 335 g/mol. The molecule has 0 aromatic heterocycles. The van der Waals surface area contributed by atoms with Gasteiger partial charge < -0.3 is 20.1 Å². The lowest BCUT2D eigenvalue weighted by Gasteiger charge is -2.26. The minimum Gasteiger partial charge on any atom is -0.497 e. The van der Waals surface area contributed by atoms with Crippen LogP contribution < -0.4 is 15.4 Å². The third-order valence-electron chi connectivity index (χ3n) is 4.22. The van der Waals surface area contributed by atoms with Crippen molar-refractivity contribution in [3.63, 3.8) is 0 Å². The first-order valence-electron chi connectivity index (χ1n) is 8.65. The summed E-state index contributed by atoms with van der Waals surface area (Å²) in [6.45, 7) is 7.03. The Balaban J connectivity index is 1.58. The number of aryl methyl sites for hydroxylation is 1. The third kappa shape index (κ3) is 6.76. The summed E-state index contributed by atoms with van der Waals surface area (Å²) in [5.74, 6) is 0.865. The molecule has 0 aliphatic carbocycles. The molecule has 2 amide bonds. The van der Waals surface area contributed by atoms with Gasteiger partial charge >= 0.3 is 6.03 Å². The van der Waals surface area contributed by atoms with Crippen LogP contribution in [0.25, 0.3) is 0 Å². The molecule has 0 spiro atoms. The minimum atomic E-state index is -0.0921. The van der Waals surface area contributed by atoms with Gasteiger partial charge in [-0.25, -0.2) is 4.79 Å². The lowest BCUT2D eigenvalue weighted by atomic mass is 10.1. The molecular formula is C18H29N3O3. The van der Waals surface area contributed by atoms with Gasteiger partial charge in [-0.1, -0.05) is 12.1 Å². The van der Waals surface area contributed by atoms with E-state index in [1.54, 1.807) is 7.11 Å². The molecule has 2 rings (SSSR count). The number of hydrogen-bond acceptors (Lipinski definition) is 4. The van der Waals surface area contributed by atoms with Crippen molar-refractivity contribution in [1.82, 2.24) is 15.5 Å². The van der Waals surface area contributed by atoms with Crippen molar-refractivity contribution in [2.24, 2.45) is 0 Å². The number of amides is 2. The number of methoxy groups -OCH3 is 1. The van der Waals surface area contributed by atoms with E-state index < -0.39 is 0 Å². The highest BCUT2D eigenvalue weighted by molar-refractivity contribution is 5.74. The normalized spacial score (nSPS) is 16.4. The molecule has 0 saturated carbocycles. The Hall–Kier alpha value is -1.79. The van der Waals surface area contributed by atoms with Crippen molar-refractivity contribution in [3.05, 3.63) is 29.8 Å². The molecule has 1 atom stereocenters. The number of carbonyl (C=O) groups excluding carboxylic acids is 1. The molecule has 6 heteroatoms. The van der Waals surface area contributed by atoms with Crippen LogP contribution in [0.4, 0.5) is 4.79 Å². The molecule has 0 radical (unpaired) electrons. The van der Waals surface area contributed by atoms with E-state index in [4.69, 9.17) is 9.47 Å². The van der Waals surface area contributed by atoms with Gasteiger partial charge in [0.1, 0.15) is 5.75 Å². The molecule has 1 saturated heterocycles. The largest absolute Gasteiger partial charge is 0.497 e. The molecular weight excluding hydrogens is 306 g/mol. The van der Waals surface area contributed by atoms with Crippen LogP contribution in [0.5, 0.6) is 5.75 Å².